The molecular formula is C24H29N5O6S. The standard InChI is InChI=1S/C24H29N5O6S/c1-17-25-23(26-35-17)18-5-7-19(8-6-18)29-16-21(34-24(29)30)15-27(2)13-14-28(3)36(31,32)22-11-9-20(33-4)10-12-22/h5-12,21H,13-16H2,1-4H3. The summed E-state index contributed by atoms with van der Waals surface area (Å²) in [7, 11) is 1.32. The van der Waals surface area contributed by atoms with Gasteiger partial charge in [0.15, 0.2) is 0 Å². The van der Waals surface area contributed by atoms with Gasteiger partial charge in [-0.15, -0.1) is 0 Å². The molecule has 192 valence electrons. The zero-order valence-corrected chi connectivity index (χ0v) is 21.4. The lowest BCUT2D eigenvalue weighted by Gasteiger charge is -2.23. The summed E-state index contributed by atoms with van der Waals surface area (Å²) >= 11 is 0. The fraction of sp³-hybridized carbons (Fsp3) is 0.375. The number of hydrogen-bond donors (Lipinski definition) is 0. The Morgan fingerprint density at radius 1 is 1.08 bits per heavy atom. The maximum atomic E-state index is 12.8. The van der Waals surface area contributed by atoms with Crippen LogP contribution in [0.3, 0.4) is 0 Å². The number of benzene rings is 2. The minimum atomic E-state index is -3.62. The maximum absolute atomic E-state index is 12.8. The van der Waals surface area contributed by atoms with Crippen LogP contribution in [0.25, 0.3) is 11.4 Å². The van der Waals surface area contributed by atoms with Crippen LogP contribution in [0.4, 0.5) is 10.5 Å². The molecule has 0 N–H and O–H groups in total. The lowest BCUT2D eigenvalue weighted by molar-refractivity contribution is 0.116. The van der Waals surface area contributed by atoms with Crippen molar-refractivity contribution in [2.75, 3.05) is 52.3 Å². The van der Waals surface area contributed by atoms with Gasteiger partial charge in [0.2, 0.25) is 21.7 Å². The Bertz CT molecular complexity index is 1290. The number of anilines is 1. The maximum Gasteiger partial charge on any atom is 0.414 e. The van der Waals surface area contributed by atoms with Gasteiger partial charge in [-0.3, -0.25) is 4.90 Å². The number of methoxy groups -OCH3 is 1. The Labute approximate surface area is 210 Å². The zero-order valence-electron chi connectivity index (χ0n) is 20.6. The van der Waals surface area contributed by atoms with Crippen molar-refractivity contribution in [3.8, 4) is 17.1 Å². The summed E-state index contributed by atoms with van der Waals surface area (Å²) in [5.74, 6) is 1.56. The first kappa shape index (κ1) is 25.6. The van der Waals surface area contributed by atoms with E-state index in [1.54, 1.807) is 31.0 Å². The molecule has 1 atom stereocenters. The van der Waals surface area contributed by atoms with Crippen molar-refractivity contribution in [1.29, 1.82) is 0 Å². The Balaban J connectivity index is 1.29. The third-order valence-electron chi connectivity index (χ3n) is 5.92. The number of cyclic esters (lactones) is 1. The van der Waals surface area contributed by atoms with Crippen LogP contribution in [0.1, 0.15) is 5.89 Å². The normalized spacial score (nSPS) is 16.1. The molecule has 11 nitrogen and oxygen atoms in total. The number of amides is 1. The van der Waals surface area contributed by atoms with Gasteiger partial charge in [0.05, 0.1) is 18.6 Å². The molecule has 1 aromatic heterocycles. The molecule has 0 bridgehead atoms. The minimum absolute atomic E-state index is 0.203. The number of ether oxygens (including phenoxy) is 2. The van der Waals surface area contributed by atoms with Crippen molar-refractivity contribution in [2.24, 2.45) is 0 Å². The fourth-order valence-electron chi connectivity index (χ4n) is 3.83. The minimum Gasteiger partial charge on any atom is -0.497 e. The van der Waals surface area contributed by atoms with Crippen LogP contribution in [0, 0.1) is 6.92 Å². The van der Waals surface area contributed by atoms with Gasteiger partial charge < -0.3 is 18.9 Å². The molecule has 2 aromatic carbocycles. The summed E-state index contributed by atoms with van der Waals surface area (Å²) in [5, 5.41) is 3.90. The van der Waals surface area contributed by atoms with Gasteiger partial charge in [-0.05, 0) is 55.6 Å². The van der Waals surface area contributed by atoms with E-state index in [4.69, 9.17) is 14.0 Å². The van der Waals surface area contributed by atoms with E-state index in [1.165, 1.54) is 23.5 Å². The third kappa shape index (κ3) is 5.66. The van der Waals surface area contributed by atoms with E-state index in [1.807, 2.05) is 36.2 Å². The Morgan fingerprint density at radius 2 is 1.78 bits per heavy atom. The molecular weight excluding hydrogens is 486 g/mol. The number of aromatic nitrogens is 2. The van der Waals surface area contributed by atoms with E-state index in [0.29, 0.717) is 42.8 Å². The molecule has 1 aliphatic heterocycles. The Hall–Kier alpha value is -3.48. The first-order valence-electron chi connectivity index (χ1n) is 11.3. The van der Waals surface area contributed by atoms with Crippen LogP contribution in [0.2, 0.25) is 0 Å². The van der Waals surface area contributed by atoms with Gasteiger partial charge in [-0.1, -0.05) is 5.16 Å². The molecule has 1 amide bonds. The molecule has 4 rings (SSSR count). The molecule has 1 fully saturated rings. The van der Waals surface area contributed by atoms with Crippen LogP contribution in [0.15, 0.2) is 57.9 Å². The molecule has 0 radical (unpaired) electrons. The molecule has 1 saturated heterocycles. The Morgan fingerprint density at radius 3 is 2.39 bits per heavy atom. The molecule has 0 spiro atoms. The highest BCUT2D eigenvalue weighted by Crippen LogP contribution is 2.25. The number of rotatable bonds is 10. The third-order valence-corrected chi connectivity index (χ3v) is 7.79. The van der Waals surface area contributed by atoms with Crippen molar-refractivity contribution >= 4 is 21.8 Å². The number of aryl methyl sites for hydroxylation is 1. The first-order valence-corrected chi connectivity index (χ1v) is 12.8. The molecule has 0 aliphatic carbocycles. The van der Waals surface area contributed by atoms with Crippen LogP contribution in [-0.2, 0) is 14.8 Å². The van der Waals surface area contributed by atoms with Crippen LogP contribution < -0.4 is 9.64 Å². The molecule has 2 heterocycles. The molecule has 12 heteroatoms. The second-order valence-corrected chi connectivity index (χ2v) is 10.6. The smallest absolute Gasteiger partial charge is 0.414 e. The number of sulfonamides is 1. The van der Waals surface area contributed by atoms with Crippen molar-refractivity contribution in [3.63, 3.8) is 0 Å². The number of hydrogen-bond acceptors (Lipinski definition) is 9. The lowest BCUT2D eigenvalue weighted by atomic mass is 10.2. The second kappa shape index (κ2) is 10.6. The molecule has 0 saturated carbocycles. The lowest BCUT2D eigenvalue weighted by Crippen LogP contribution is -2.38. The highest BCUT2D eigenvalue weighted by atomic mass is 32.2. The first-order chi connectivity index (χ1) is 17.2. The molecule has 1 aliphatic rings. The van der Waals surface area contributed by atoms with Crippen LogP contribution >= 0.6 is 0 Å². The zero-order chi connectivity index (χ0) is 25.9. The quantitative estimate of drug-likeness (QED) is 0.401. The van der Waals surface area contributed by atoms with E-state index in [2.05, 4.69) is 10.1 Å². The van der Waals surface area contributed by atoms with Crippen molar-refractivity contribution in [1.82, 2.24) is 19.3 Å². The van der Waals surface area contributed by atoms with Crippen molar-refractivity contribution in [3.05, 3.63) is 54.4 Å². The van der Waals surface area contributed by atoms with E-state index >= 15 is 0 Å². The Kier molecular flexibility index (Phi) is 7.57. The van der Waals surface area contributed by atoms with Crippen LogP contribution in [0.5, 0.6) is 5.75 Å². The van der Waals surface area contributed by atoms with Gasteiger partial charge in [0.25, 0.3) is 0 Å². The highest BCUT2D eigenvalue weighted by Gasteiger charge is 2.33. The second-order valence-electron chi connectivity index (χ2n) is 8.56. The summed E-state index contributed by atoms with van der Waals surface area (Å²) in [6.45, 7) is 3.34. The van der Waals surface area contributed by atoms with Crippen LogP contribution in [-0.4, -0.2) is 87.3 Å². The van der Waals surface area contributed by atoms with Crippen molar-refractivity contribution < 1.29 is 27.2 Å². The van der Waals surface area contributed by atoms with E-state index in [9.17, 15) is 13.2 Å². The summed E-state index contributed by atoms with van der Waals surface area (Å²) in [6.07, 6.45) is -0.763. The monoisotopic (exact) mass is 515 g/mol. The SMILES string of the molecule is COc1ccc(S(=O)(=O)N(C)CCN(C)CC2CN(c3ccc(-c4noc(C)n4)cc3)C(=O)O2)cc1. The van der Waals surface area contributed by atoms with Gasteiger partial charge in [-0.2, -0.15) is 9.29 Å². The van der Waals surface area contributed by atoms with Gasteiger partial charge >= 0.3 is 6.09 Å². The number of likely N-dealkylation sites (N-methyl/N-ethyl adjacent to an activating group) is 2. The molecule has 1 unspecified atom stereocenters. The average molecular weight is 516 g/mol. The summed E-state index contributed by atoms with van der Waals surface area (Å²) < 4.78 is 42.6. The van der Waals surface area contributed by atoms with Gasteiger partial charge in [0.1, 0.15) is 11.9 Å². The number of carbonyl (C=O) groups is 1. The predicted molar refractivity (Wildman–Crippen MR) is 132 cm³/mol. The predicted octanol–water partition coefficient (Wildman–Crippen LogP) is 2.63. The fourth-order valence-corrected chi connectivity index (χ4v) is 4.99. The van der Waals surface area contributed by atoms with E-state index in [-0.39, 0.29) is 17.5 Å². The van der Waals surface area contributed by atoms with Gasteiger partial charge in [0, 0.05) is 44.9 Å². The average Bonchev–Trinajstić information content (AvgIpc) is 3.47. The van der Waals surface area contributed by atoms with E-state index < -0.39 is 16.1 Å². The largest absolute Gasteiger partial charge is 0.497 e. The van der Waals surface area contributed by atoms with E-state index in [0.717, 1.165) is 5.56 Å². The summed E-state index contributed by atoms with van der Waals surface area (Å²) in [6, 6.07) is 13.6. The van der Waals surface area contributed by atoms with Crippen molar-refractivity contribution in [2.45, 2.75) is 17.9 Å². The topological polar surface area (TPSA) is 118 Å². The molecule has 3 aromatic rings. The van der Waals surface area contributed by atoms with Gasteiger partial charge in [-0.25, -0.2) is 13.2 Å². The number of carbonyl (C=O) groups excluding carboxylic acids is 1. The molecule has 36 heavy (non-hydrogen) atoms. The highest BCUT2D eigenvalue weighted by molar-refractivity contribution is 7.89. The summed E-state index contributed by atoms with van der Waals surface area (Å²) in [5.41, 5.74) is 1.49. The number of nitrogens with zero attached hydrogens (tertiary/aromatic N) is 5. The summed E-state index contributed by atoms with van der Waals surface area (Å²) in [4.78, 5) is 20.4.